The zero-order valence-electron chi connectivity index (χ0n) is 13.0. The van der Waals surface area contributed by atoms with Crippen molar-refractivity contribution in [3.05, 3.63) is 29.6 Å². The molecule has 0 bridgehead atoms. The molecule has 1 aromatic rings. The number of rotatable bonds is 5. The van der Waals surface area contributed by atoms with Gasteiger partial charge in [0.25, 0.3) is 0 Å². The average Bonchev–Trinajstić information content (AvgIpc) is 2.45. The van der Waals surface area contributed by atoms with Gasteiger partial charge >= 0.3 is 0 Å². The van der Waals surface area contributed by atoms with Gasteiger partial charge in [-0.25, -0.2) is 4.39 Å². The van der Waals surface area contributed by atoms with Crippen LogP contribution in [0.25, 0.3) is 0 Å². The maximum atomic E-state index is 14.4. The topological polar surface area (TPSA) is 15.3 Å². The molecule has 0 aliphatic carbocycles. The van der Waals surface area contributed by atoms with Crippen LogP contribution < -0.4 is 10.2 Å². The summed E-state index contributed by atoms with van der Waals surface area (Å²) in [4.78, 5) is 2.22. The lowest BCUT2D eigenvalue weighted by atomic mass is 10.0. The number of nitrogens with one attached hydrogen (secondary N) is 1. The van der Waals surface area contributed by atoms with Crippen LogP contribution in [0.4, 0.5) is 10.1 Å². The van der Waals surface area contributed by atoms with Crippen LogP contribution in [0.5, 0.6) is 0 Å². The van der Waals surface area contributed by atoms with E-state index in [1.54, 1.807) is 6.07 Å². The van der Waals surface area contributed by atoms with E-state index in [-0.39, 0.29) is 11.9 Å². The van der Waals surface area contributed by atoms with Gasteiger partial charge in [0.05, 0.1) is 5.69 Å². The van der Waals surface area contributed by atoms with Gasteiger partial charge in [-0.05, 0) is 63.8 Å². The molecule has 2 atom stereocenters. The second-order valence-electron chi connectivity index (χ2n) is 5.92. The van der Waals surface area contributed by atoms with Gasteiger partial charge < -0.3 is 10.2 Å². The molecule has 0 amide bonds. The molecule has 1 saturated heterocycles. The zero-order chi connectivity index (χ0) is 14.5. The molecule has 0 saturated carbocycles. The van der Waals surface area contributed by atoms with Gasteiger partial charge in [-0.15, -0.1) is 0 Å². The molecule has 2 unspecified atom stereocenters. The normalized spacial score (nSPS) is 21.0. The van der Waals surface area contributed by atoms with E-state index in [0.717, 1.165) is 37.2 Å². The van der Waals surface area contributed by atoms with Crippen LogP contribution in [-0.2, 0) is 0 Å². The molecule has 112 valence electrons. The van der Waals surface area contributed by atoms with Crippen molar-refractivity contribution in [3.8, 4) is 0 Å². The Labute approximate surface area is 122 Å². The fraction of sp³-hybridized carbons (Fsp3) is 0.647. The molecule has 0 spiro atoms. The SMILES string of the molecule is CCCNC(C)c1ccc(N2CCCCC2C)c(F)c1. The fourth-order valence-electron chi connectivity index (χ4n) is 2.96. The summed E-state index contributed by atoms with van der Waals surface area (Å²) in [5.74, 6) is -0.0820. The lowest BCUT2D eigenvalue weighted by Gasteiger charge is -2.35. The predicted molar refractivity (Wildman–Crippen MR) is 83.8 cm³/mol. The van der Waals surface area contributed by atoms with Crippen LogP contribution in [-0.4, -0.2) is 19.1 Å². The van der Waals surface area contributed by atoms with Gasteiger partial charge in [-0.2, -0.15) is 0 Å². The maximum Gasteiger partial charge on any atom is 0.146 e. The Morgan fingerprint density at radius 2 is 2.20 bits per heavy atom. The summed E-state index contributed by atoms with van der Waals surface area (Å²) < 4.78 is 14.4. The van der Waals surface area contributed by atoms with Gasteiger partial charge in [-0.1, -0.05) is 13.0 Å². The van der Waals surface area contributed by atoms with E-state index in [2.05, 4.69) is 37.1 Å². The lowest BCUT2D eigenvalue weighted by Crippen LogP contribution is -2.38. The van der Waals surface area contributed by atoms with E-state index < -0.39 is 0 Å². The Kier molecular flexibility index (Phi) is 5.41. The van der Waals surface area contributed by atoms with Gasteiger partial charge in [-0.3, -0.25) is 0 Å². The molecule has 20 heavy (non-hydrogen) atoms. The number of nitrogens with zero attached hydrogens (tertiary/aromatic N) is 1. The summed E-state index contributed by atoms with van der Waals surface area (Å²) in [6, 6.07) is 6.37. The minimum Gasteiger partial charge on any atom is -0.366 e. The summed E-state index contributed by atoms with van der Waals surface area (Å²) in [6.45, 7) is 8.36. The molecular formula is C17H27FN2. The quantitative estimate of drug-likeness (QED) is 0.865. The standard InChI is InChI=1S/C17H27FN2/c1-4-10-19-14(3)15-8-9-17(16(18)12-15)20-11-6-5-7-13(20)2/h8-9,12-14,19H,4-7,10-11H2,1-3H3. The Balaban J connectivity index is 2.12. The Bertz CT molecular complexity index is 433. The number of hydrogen-bond donors (Lipinski definition) is 1. The van der Waals surface area contributed by atoms with Crippen LogP contribution in [0.1, 0.15) is 58.1 Å². The van der Waals surface area contributed by atoms with Crippen LogP contribution in [0, 0.1) is 5.82 Å². The number of anilines is 1. The number of benzene rings is 1. The summed E-state index contributed by atoms with van der Waals surface area (Å²) >= 11 is 0. The molecule has 1 aliphatic rings. The minimum atomic E-state index is -0.0820. The highest BCUT2D eigenvalue weighted by Crippen LogP contribution is 2.28. The second-order valence-corrected chi connectivity index (χ2v) is 5.92. The van der Waals surface area contributed by atoms with E-state index in [9.17, 15) is 4.39 Å². The van der Waals surface area contributed by atoms with Crippen LogP contribution in [0.15, 0.2) is 18.2 Å². The third-order valence-corrected chi connectivity index (χ3v) is 4.28. The largest absolute Gasteiger partial charge is 0.366 e. The lowest BCUT2D eigenvalue weighted by molar-refractivity contribution is 0.475. The smallest absolute Gasteiger partial charge is 0.146 e. The number of piperidine rings is 1. The van der Waals surface area contributed by atoms with E-state index in [4.69, 9.17) is 0 Å². The minimum absolute atomic E-state index is 0.0820. The predicted octanol–water partition coefficient (Wildman–Crippen LogP) is 4.27. The van der Waals surface area contributed by atoms with Crippen molar-refractivity contribution in [2.45, 2.75) is 58.5 Å². The number of halogens is 1. The van der Waals surface area contributed by atoms with Crippen LogP contribution in [0.2, 0.25) is 0 Å². The second kappa shape index (κ2) is 7.07. The molecule has 1 aliphatic heterocycles. The van der Waals surface area contributed by atoms with Crippen molar-refractivity contribution < 1.29 is 4.39 Å². The molecule has 1 N–H and O–H groups in total. The van der Waals surface area contributed by atoms with Crippen LogP contribution >= 0.6 is 0 Å². The third kappa shape index (κ3) is 3.51. The third-order valence-electron chi connectivity index (χ3n) is 4.28. The highest BCUT2D eigenvalue weighted by molar-refractivity contribution is 5.50. The maximum absolute atomic E-state index is 14.4. The van der Waals surface area contributed by atoms with Crippen molar-refractivity contribution in [1.82, 2.24) is 5.32 Å². The number of hydrogen-bond acceptors (Lipinski definition) is 2. The highest BCUT2D eigenvalue weighted by Gasteiger charge is 2.21. The van der Waals surface area contributed by atoms with Gasteiger partial charge in [0.1, 0.15) is 5.82 Å². The van der Waals surface area contributed by atoms with E-state index in [1.807, 2.05) is 6.07 Å². The average molecular weight is 278 g/mol. The molecule has 1 fully saturated rings. The van der Waals surface area contributed by atoms with Crippen molar-refractivity contribution in [3.63, 3.8) is 0 Å². The first kappa shape index (κ1) is 15.3. The Hall–Kier alpha value is -1.09. The monoisotopic (exact) mass is 278 g/mol. The van der Waals surface area contributed by atoms with Gasteiger partial charge in [0.2, 0.25) is 0 Å². The summed E-state index contributed by atoms with van der Waals surface area (Å²) in [5, 5.41) is 3.40. The fourth-order valence-corrected chi connectivity index (χ4v) is 2.96. The molecule has 2 rings (SSSR count). The van der Waals surface area contributed by atoms with Gasteiger partial charge in [0, 0.05) is 18.6 Å². The van der Waals surface area contributed by atoms with E-state index in [0.29, 0.717) is 6.04 Å². The van der Waals surface area contributed by atoms with Crippen molar-refractivity contribution in [1.29, 1.82) is 0 Å². The molecule has 1 aromatic carbocycles. The highest BCUT2D eigenvalue weighted by atomic mass is 19.1. The van der Waals surface area contributed by atoms with E-state index >= 15 is 0 Å². The first-order chi connectivity index (χ1) is 9.63. The Morgan fingerprint density at radius 1 is 1.40 bits per heavy atom. The molecule has 1 heterocycles. The molecule has 0 aromatic heterocycles. The molecule has 2 nitrogen and oxygen atoms in total. The summed E-state index contributed by atoms with van der Waals surface area (Å²) in [5.41, 5.74) is 1.80. The van der Waals surface area contributed by atoms with Crippen LogP contribution in [0.3, 0.4) is 0 Å². The van der Waals surface area contributed by atoms with Gasteiger partial charge in [0.15, 0.2) is 0 Å². The molecule has 3 heteroatoms. The first-order valence-corrected chi connectivity index (χ1v) is 7.93. The van der Waals surface area contributed by atoms with E-state index in [1.165, 1.54) is 12.8 Å². The summed E-state index contributed by atoms with van der Waals surface area (Å²) in [7, 11) is 0. The van der Waals surface area contributed by atoms with Crippen molar-refractivity contribution in [2.24, 2.45) is 0 Å². The molecule has 0 radical (unpaired) electrons. The Morgan fingerprint density at radius 3 is 2.85 bits per heavy atom. The zero-order valence-corrected chi connectivity index (χ0v) is 13.0. The summed E-state index contributed by atoms with van der Waals surface area (Å²) in [6.07, 6.45) is 4.68. The van der Waals surface area contributed by atoms with Crippen molar-refractivity contribution in [2.75, 3.05) is 18.0 Å². The first-order valence-electron chi connectivity index (χ1n) is 7.93. The van der Waals surface area contributed by atoms with Crippen molar-refractivity contribution >= 4 is 5.69 Å². The molecular weight excluding hydrogens is 251 g/mol.